The summed E-state index contributed by atoms with van der Waals surface area (Å²) in [6.07, 6.45) is 4.92. The van der Waals surface area contributed by atoms with E-state index in [4.69, 9.17) is 4.74 Å². The Morgan fingerprint density at radius 3 is 2.71 bits per heavy atom. The normalized spacial score (nSPS) is 26.4. The van der Waals surface area contributed by atoms with Gasteiger partial charge in [-0.2, -0.15) is 0 Å². The van der Waals surface area contributed by atoms with E-state index in [1.165, 1.54) is 29.6 Å². The van der Waals surface area contributed by atoms with Crippen LogP contribution in [0.5, 0.6) is 0 Å². The summed E-state index contributed by atoms with van der Waals surface area (Å²) in [4.78, 5) is 0. The van der Waals surface area contributed by atoms with Crippen LogP contribution in [0.2, 0.25) is 0 Å². The highest BCUT2D eigenvalue weighted by atomic mass is 16.5. The lowest BCUT2D eigenvalue weighted by atomic mass is 9.90. The van der Waals surface area contributed by atoms with Crippen molar-refractivity contribution in [3.05, 3.63) is 53.6 Å². The summed E-state index contributed by atoms with van der Waals surface area (Å²) in [5.74, 6) is 1.23. The molecule has 3 rings (SSSR count). The van der Waals surface area contributed by atoms with Crippen LogP contribution >= 0.6 is 0 Å². The molecule has 17 heavy (non-hydrogen) atoms. The van der Waals surface area contributed by atoms with Crippen molar-refractivity contribution in [2.75, 3.05) is 13.2 Å². The molecule has 1 atom stereocenters. The van der Waals surface area contributed by atoms with E-state index in [-0.39, 0.29) is 0 Å². The van der Waals surface area contributed by atoms with E-state index in [9.17, 15) is 0 Å². The van der Waals surface area contributed by atoms with Gasteiger partial charge in [0, 0.05) is 5.92 Å². The zero-order valence-corrected chi connectivity index (χ0v) is 10.1. The number of hydrogen-bond acceptors (Lipinski definition) is 1. The molecule has 1 saturated carbocycles. The highest BCUT2D eigenvalue weighted by molar-refractivity contribution is 5.55. The maximum Gasteiger partial charge on any atom is 0.0687 e. The van der Waals surface area contributed by atoms with Crippen LogP contribution in [0, 0.1) is 11.8 Å². The molecular formula is C16H18O. The molecule has 1 heterocycles. The Hall–Kier alpha value is -1.34. The van der Waals surface area contributed by atoms with Crippen molar-refractivity contribution in [3.8, 4) is 0 Å². The fourth-order valence-electron chi connectivity index (χ4n) is 2.49. The van der Waals surface area contributed by atoms with Gasteiger partial charge in [-0.1, -0.05) is 48.6 Å². The Balaban J connectivity index is 1.81. The smallest absolute Gasteiger partial charge is 0.0687 e. The monoisotopic (exact) mass is 226 g/mol. The average molecular weight is 226 g/mol. The summed E-state index contributed by atoms with van der Waals surface area (Å²) in [6, 6.07) is 10.5. The van der Waals surface area contributed by atoms with Gasteiger partial charge in [0.25, 0.3) is 0 Å². The van der Waals surface area contributed by atoms with Crippen molar-refractivity contribution < 1.29 is 4.74 Å². The molecule has 1 aliphatic carbocycles. The van der Waals surface area contributed by atoms with E-state index >= 15 is 0 Å². The molecule has 1 unspecified atom stereocenters. The quantitative estimate of drug-likeness (QED) is 0.714. The molecule has 0 spiro atoms. The molecule has 1 nitrogen and oxygen atoms in total. The van der Waals surface area contributed by atoms with E-state index in [2.05, 4.69) is 36.9 Å². The molecule has 0 bridgehead atoms. The van der Waals surface area contributed by atoms with E-state index in [1.807, 2.05) is 6.07 Å². The molecule has 2 fully saturated rings. The Bertz CT molecular complexity index is 440. The van der Waals surface area contributed by atoms with Crippen LogP contribution in [0.25, 0.3) is 6.08 Å². The van der Waals surface area contributed by atoms with E-state index in [0.717, 1.165) is 19.1 Å². The Labute approximate surface area is 103 Å². The van der Waals surface area contributed by atoms with Crippen molar-refractivity contribution in [1.82, 2.24) is 0 Å². The topological polar surface area (TPSA) is 9.23 Å². The summed E-state index contributed by atoms with van der Waals surface area (Å²) in [7, 11) is 0. The minimum absolute atomic E-state index is 0.461. The summed E-state index contributed by atoms with van der Waals surface area (Å²) in [6.45, 7) is 5.87. The average Bonchev–Trinajstić information content (AvgIpc) is 3.11. The fourth-order valence-corrected chi connectivity index (χ4v) is 2.49. The van der Waals surface area contributed by atoms with Crippen LogP contribution in [0.1, 0.15) is 18.4 Å². The van der Waals surface area contributed by atoms with Crippen LogP contribution in [0.4, 0.5) is 0 Å². The highest BCUT2D eigenvalue weighted by Crippen LogP contribution is 2.43. The first-order valence-electron chi connectivity index (χ1n) is 6.36. The third-order valence-corrected chi connectivity index (χ3v) is 3.70. The van der Waals surface area contributed by atoms with Crippen molar-refractivity contribution in [2.24, 2.45) is 11.8 Å². The van der Waals surface area contributed by atoms with Gasteiger partial charge in [-0.25, -0.2) is 0 Å². The van der Waals surface area contributed by atoms with E-state index in [0.29, 0.717) is 5.92 Å². The molecule has 0 N–H and O–H groups in total. The number of rotatable bonds is 3. The third kappa shape index (κ3) is 2.34. The van der Waals surface area contributed by atoms with Gasteiger partial charge in [0.1, 0.15) is 0 Å². The van der Waals surface area contributed by atoms with Gasteiger partial charge >= 0.3 is 0 Å². The van der Waals surface area contributed by atoms with Crippen LogP contribution in [0.3, 0.4) is 0 Å². The predicted molar refractivity (Wildman–Crippen MR) is 70.6 cm³/mol. The lowest BCUT2D eigenvalue weighted by molar-refractivity contribution is 0.193. The van der Waals surface area contributed by atoms with Crippen LogP contribution in [-0.2, 0) is 4.74 Å². The zero-order valence-electron chi connectivity index (χ0n) is 10.1. The SMILES string of the molecule is C=C(C1CC1)C1COC/C1=C\c1ccccc1. The first-order valence-corrected chi connectivity index (χ1v) is 6.36. The molecule has 2 aliphatic rings. The third-order valence-electron chi connectivity index (χ3n) is 3.70. The predicted octanol–water partition coefficient (Wildman–Crippen LogP) is 3.68. The Morgan fingerprint density at radius 2 is 2.00 bits per heavy atom. The van der Waals surface area contributed by atoms with Gasteiger partial charge < -0.3 is 4.74 Å². The molecule has 0 aromatic heterocycles. The van der Waals surface area contributed by atoms with Crippen LogP contribution < -0.4 is 0 Å². The largest absolute Gasteiger partial charge is 0.376 e. The minimum atomic E-state index is 0.461. The summed E-state index contributed by atoms with van der Waals surface area (Å²) < 4.78 is 5.61. The second-order valence-corrected chi connectivity index (χ2v) is 5.05. The molecule has 1 aromatic carbocycles. The van der Waals surface area contributed by atoms with E-state index in [1.54, 1.807) is 0 Å². The second kappa shape index (κ2) is 4.50. The van der Waals surface area contributed by atoms with Gasteiger partial charge in [0.2, 0.25) is 0 Å². The molecule has 0 radical (unpaired) electrons. The molecule has 1 saturated heterocycles. The maximum absolute atomic E-state index is 5.61. The summed E-state index contributed by atoms with van der Waals surface area (Å²) in [5, 5.41) is 0. The first kappa shape index (κ1) is 10.8. The number of hydrogen-bond donors (Lipinski definition) is 0. The van der Waals surface area contributed by atoms with Crippen molar-refractivity contribution in [2.45, 2.75) is 12.8 Å². The second-order valence-electron chi connectivity index (χ2n) is 5.05. The molecule has 0 amide bonds. The van der Waals surface area contributed by atoms with Gasteiger partial charge in [0.05, 0.1) is 13.2 Å². The summed E-state index contributed by atoms with van der Waals surface area (Å²) >= 11 is 0. The van der Waals surface area contributed by atoms with Crippen LogP contribution in [0.15, 0.2) is 48.1 Å². The zero-order chi connectivity index (χ0) is 11.7. The van der Waals surface area contributed by atoms with Gasteiger partial charge in [0.15, 0.2) is 0 Å². The Kier molecular flexibility index (Phi) is 2.86. The van der Waals surface area contributed by atoms with Crippen LogP contribution in [-0.4, -0.2) is 13.2 Å². The molecule has 88 valence electrons. The number of ether oxygens (including phenoxy) is 1. The standard InChI is InChI=1S/C16H18O/c1-12(14-7-8-14)16-11-17-10-15(16)9-13-5-3-2-4-6-13/h2-6,9,14,16H,1,7-8,10-11H2/b15-9+. The first-order chi connectivity index (χ1) is 8.34. The Morgan fingerprint density at radius 1 is 1.24 bits per heavy atom. The van der Waals surface area contributed by atoms with Gasteiger partial charge in [-0.15, -0.1) is 0 Å². The van der Waals surface area contributed by atoms with E-state index < -0.39 is 0 Å². The molecular weight excluding hydrogens is 208 g/mol. The lowest BCUT2D eigenvalue weighted by Crippen LogP contribution is -2.06. The lowest BCUT2D eigenvalue weighted by Gasteiger charge is -2.13. The molecule has 1 aromatic rings. The number of benzene rings is 1. The van der Waals surface area contributed by atoms with Gasteiger partial charge in [-0.3, -0.25) is 0 Å². The fraction of sp³-hybridized carbons (Fsp3) is 0.375. The van der Waals surface area contributed by atoms with Crippen molar-refractivity contribution >= 4 is 6.08 Å². The molecule has 1 heteroatoms. The molecule has 1 aliphatic heterocycles. The van der Waals surface area contributed by atoms with Crippen molar-refractivity contribution in [3.63, 3.8) is 0 Å². The highest BCUT2D eigenvalue weighted by Gasteiger charge is 2.33. The van der Waals surface area contributed by atoms with Gasteiger partial charge in [-0.05, 0) is 29.9 Å². The summed E-state index contributed by atoms with van der Waals surface area (Å²) in [5.41, 5.74) is 4.05. The minimum Gasteiger partial charge on any atom is -0.376 e. The van der Waals surface area contributed by atoms with Crippen molar-refractivity contribution in [1.29, 1.82) is 0 Å². The maximum atomic E-state index is 5.61.